The minimum Gasteiger partial charge on any atom is -0.460 e. The Labute approximate surface area is 236 Å². The molecule has 8 heteroatoms. The van der Waals surface area contributed by atoms with Crippen molar-refractivity contribution in [1.82, 2.24) is 10.2 Å². The normalized spacial score (nSPS) is 34.4. The third-order valence-electron chi connectivity index (χ3n) is 10.3. The van der Waals surface area contributed by atoms with Crippen LogP contribution in [0.3, 0.4) is 0 Å². The average Bonchev–Trinajstić information content (AvgIpc) is 3.05. The quantitative estimate of drug-likeness (QED) is 0.411. The van der Waals surface area contributed by atoms with Gasteiger partial charge >= 0.3 is 12.0 Å². The van der Waals surface area contributed by atoms with Crippen LogP contribution < -0.4 is 10.6 Å². The molecule has 39 heavy (non-hydrogen) atoms. The number of likely N-dealkylation sites (tertiary alicyclic amines) is 1. The average molecular weight is 556 g/mol. The zero-order chi connectivity index (χ0) is 26.9. The molecule has 2 N–H and O–H groups in total. The number of carbonyl (C=O) groups is 3. The van der Waals surface area contributed by atoms with E-state index >= 15 is 0 Å². The zero-order valence-corrected chi connectivity index (χ0v) is 23.5. The number of urea groups is 1. The Morgan fingerprint density at radius 2 is 1.62 bits per heavy atom. The van der Waals surface area contributed by atoms with Crippen LogP contribution in [0.4, 0.5) is 10.5 Å². The summed E-state index contributed by atoms with van der Waals surface area (Å²) < 4.78 is 6.22. The molecule has 0 radical (unpaired) electrons. The largest absolute Gasteiger partial charge is 0.460 e. The second kappa shape index (κ2) is 11.7. The molecule has 1 saturated heterocycles. The molecule has 7 rings (SSSR count). The van der Waals surface area contributed by atoms with Crippen LogP contribution in [0, 0.1) is 29.6 Å². The van der Waals surface area contributed by atoms with Crippen molar-refractivity contribution in [1.29, 1.82) is 0 Å². The van der Waals surface area contributed by atoms with Gasteiger partial charge in [0.15, 0.2) is 0 Å². The van der Waals surface area contributed by atoms with Gasteiger partial charge in [0.2, 0.25) is 5.91 Å². The van der Waals surface area contributed by atoms with E-state index in [0.29, 0.717) is 34.9 Å². The fourth-order valence-corrected chi connectivity index (χ4v) is 8.99. The van der Waals surface area contributed by atoms with Gasteiger partial charge in [-0.05, 0) is 112 Å². The summed E-state index contributed by atoms with van der Waals surface area (Å²) >= 11 is 6.06. The van der Waals surface area contributed by atoms with E-state index in [1.807, 2.05) is 0 Å². The third-order valence-corrected chi connectivity index (χ3v) is 10.5. The fourth-order valence-electron chi connectivity index (χ4n) is 8.80. The summed E-state index contributed by atoms with van der Waals surface area (Å²) in [7, 11) is 0. The summed E-state index contributed by atoms with van der Waals surface area (Å²) in [5.74, 6) is 2.57. The Morgan fingerprint density at radius 3 is 2.31 bits per heavy atom. The minimum absolute atomic E-state index is 0.0120. The minimum atomic E-state index is -0.674. The predicted octanol–water partition coefficient (Wildman–Crippen LogP) is 6.16. The highest BCUT2D eigenvalue weighted by atomic mass is 35.5. The van der Waals surface area contributed by atoms with Crippen LogP contribution in [0.25, 0.3) is 0 Å². The highest BCUT2D eigenvalue weighted by Crippen LogP contribution is 2.54. The van der Waals surface area contributed by atoms with Gasteiger partial charge in [-0.2, -0.15) is 0 Å². The Kier molecular flexibility index (Phi) is 8.06. The highest BCUT2D eigenvalue weighted by Gasteiger charge is 2.50. The molecule has 212 valence electrons. The molecule has 2 atom stereocenters. The number of esters is 1. The van der Waals surface area contributed by atoms with Crippen molar-refractivity contribution in [3.63, 3.8) is 0 Å². The lowest BCUT2D eigenvalue weighted by atomic mass is 9.55. The SMILES string of the molecule is O=C(Nc1cccc(Cl)c1)NC1CCCC(C2CCCCC2)N(CC(=O)OC2C3CC4CC(C3)CC2C4)C1=O. The molecule has 0 spiro atoms. The second-order valence-electron chi connectivity index (χ2n) is 12.9. The molecule has 5 saturated carbocycles. The summed E-state index contributed by atoms with van der Waals surface area (Å²) in [6.07, 6.45) is 14.1. The van der Waals surface area contributed by atoms with Crippen molar-refractivity contribution in [3.05, 3.63) is 29.3 Å². The van der Waals surface area contributed by atoms with Gasteiger partial charge < -0.3 is 20.3 Å². The van der Waals surface area contributed by atoms with Crippen molar-refractivity contribution in [3.8, 4) is 0 Å². The highest BCUT2D eigenvalue weighted by molar-refractivity contribution is 6.30. The molecule has 1 aliphatic heterocycles. The van der Waals surface area contributed by atoms with Gasteiger partial charge in [-0.1, -0.05) is 36.9 Å². The summed E-state index contributed by atoms with van der Waals surface area (Å²) in [5.41, 5.74) is 0.567. The number of benzene rings is 1. The maximum Gasteiger partial charge on any atom is 0.325 e. The number of nitrogens with zero attached hydrogens (tertiary/aromatic N) is 1. The molecule has 3 amide bonds. The first-order chi connectivity index (χ1) is 18.9. The van der Waals surface area contributed by atoms with E-state index < -0.39 is 12.1 Å². The summed E-state index contributed by atoms with van der Waals surface area (Å²) in [6, 6.07) is 5.83. The van der Waals surface area contributed by atoms with Gasteiger partial charge in [-0.15, -0.1) is 0 Å². The Morgan fingerprint density at radius 1 is 0.897 bits per heavy atom. The van der Waals surface area contributed by atoms with E-state index in [2.05, 4.69) is 10.6 Å². The van der Waals surface area contributed by atoms with Crippen LogP contribution in [0.2, 0.25) is 5.02 Å². The van der Waals surface area contributed by atoms with E-state index in [1.165, 1.54) is 51.4 Å². The topological polar surface area (TPSA) is 87.7 Å². The monoisotopic (exact) mass is 555 g/mol. The molecule has 2 unspecified atom stereocenters. The number of ether oxygens (including phenoxy) is 1. The number of carbonyl (C=O) groups excluding carboxylic acids is 3. The van der Waals surface area contributed by atoms with Crippen molar-refractivity contribution in [2.75, 3.05) is 11.9 Å². The molecular weight excluding hydrogens is 514 g/mol. The molecular formula is C31H42ClN3O4. The van der Waals surface area contributed by atoms with Crippen molar-refractivity contribution >= 4 is 35.2 Å². The molecule has 0 aromatic heterocycles. The first-order valence-corrected chi connectivity index (χ1v) is 15.6. The lowest BCUT2D eigenvalue weighted by Crippen LogP contribution is -2.55. The summed E-state index contributed by atoms with van der Waals surface area (Å²) in [4.78, 5) is 42.1. The van der Waals surface area contributed by atoms with Crippen molar-refractivity contribution in [2.45, 2.75) is 102 Å². The molecule has 6 aliphatic rings. The van der Waals surface area contributed by atoms with E-state index in [-0.39, 0.29) is 30.6 Å². The first-order valence-electron chi connectivity index (χ1n) is 15.3. The molecule has 1 aromatic carbocycles. The van der Waals surface area contributed by atoms with Gasteiger partial charge in [0, 0.05) is 16.8 Å². The molecule has 6 fully saturated rings. The van der Waals surface area contributed by atoms with Gasteiger partial charge in [0.1, 0.15) is 18.7 Å². The molecule has 1 aromatic rings. The lowest BCUT2D eigenvalue weighted by molar-refractivity contribution is -0.174. The number of hydrogen-bond donors (Lipinski definition) is 2. The number of anilines is 1. The van der Waals surface area contributed by atoms with Gasteiger partial charge in [-0.25, -0.2) is 4.79 Å². The van der Waals surface area contributed by atoms with Crippen molar-refractivity contribution in [2.24, 2.45) is 29.6 Å². The Bertz CT molecular complexity index is 1050. The van der Waals surface area contributed by atoms with Crippen LogP contribution in [0.1, 0.15) is 83.5 Å². The Hall–Kier alpha value is -2.28. The maximum absolute atomic E-state index is 14.0. The van der Waals surface area contributed by atoms with E-state index in [1.54, 1.807) is 29.2 Å². The van der Waals surface area contributed by atoms with Crippen LogP contribution in [-0.4, -0.2) is 47.5 Å². The van der Waals surface area contributed by atoms with Gasteiger partial charge in [0.05, 0.1) is 0 Å². The third kappa shape index (κ3) is 6.08. The second-order valence-corrected chi connectivity index (χ2v) is 13.3. The smallest absolute Gasteiger partial charge is 0.325 e. The summed E-state index contributed by atoms with van der Waals surface area (Å²) in [5, 5.41) is 6.20. The number of nitrogens with one attached hydrogen (secondary N) is 2. The summed E-state index contributed by atoms with van der Waals surface area (Å²) in [6.45, 7) is -0.0170. The fraction of sp³-hybridized carbons (Fsp3) is 0.710. The Balaban J connectivity index is 1.14. The molecule has 7 nitrogen and oxygen atoms in total. The van der Waals surface area contributed by atoms with Crippen LogP contribution >= 0.6 is 11.6 Å². The van der Waals surface area contributed by atoms with E-state index in [4.69, 9.17) is 16.3 Å². The van der Waals surface area contributed by atoms with Gasteiger partial charge in [0.25, 0.3) is 0 Å². The number of halogens is 1. The molecule has 1 heterocycles. The van der Waals surface area contributed by atoms with Crippen LogP contribution in [0.5, 0.6) is 0 Å². The van der Waals surface area contributed by atoms with Gasteiger partial charge in [-0.3, -0.25) is 9.59 Å². The van der Waals surface area contributed by atoms with E-state index in [0.717, 1.165) is 37.5 Å². The predicted molar refractivity (Wildman–Crippen MR) is 150 cm³/mol. The first kappa shape index (κ1) is 26.9. The molecule has 5 aliphatic carbocycles. The van der Waals surface area contributed by atoms with Crippen LogP contribution in [-0.2, 0) is 14.3 Å². The molecule has 4 bridgehead atoms. The zero-order valence-electron chi connectivity index (χ0n) is 22.8. The van der Waals surface area contributed by atoms with Crippen LogP contribution in [0.15, 0.2) is 24.3 Å². The van der Waals surface area contributed by atoms with Crippen molar-refractivity contribution < 1.29 is 19.1 Å². The van der Waals surface area contributed by atoms with E-state index in [9.17, 15) is 14.4 Å². The standard InChI is InChI=1S/C31H42ClN3O4/c32-24-8-4-9-25(17-24)33-31(38)34-26-10-5-11-27(21-6-2-1-3-7-21)35(30(26)37)18-28(36)39-29-22-13-19-12-20(15-22)16-23(29)14-19/h4,8-9,17,19-23,26-27,29H,1-3,5-7,10-16,18H2,(H2,33,34,38). The number of amides is 3. The lowest BCUT2D eigenvalue weighted by Gasteiger charge is -2.53. The number of hydrogen-bond acceptors (Lipinski definition) is 4. The maximum atomic E-state index is 14.0. The number of rotatable bonds is 6.